The maximum atomic E-state index is 9.47. The normalized spacial score (nSPS) is 16.5. The molecule has 3 rings (SSSR count). The summed E-state index contributed by atoms with van der Waals surface area (Å²) in [6, 6.07) is 15.0. The van der Waals surface area contributed by atoms with E-state index in [1.807, 2.05) is 48.5 Å². The van der Waals surface area contributed by atoms with Crippen LogP contribution >= 0.6 is 0 Å². The Morgan fingerprint density at radius 3 is 1.30 bits per heavy atom. The lowest BCUT2D eigenvalue weighted by Gasteiger charge is -2.34. The van der Waals surface area contributed by atoms with E-state index in [4.69, 9.17) is 9.47 Å². The van der Waals surface area contributed by atoms with Gasteiger partial charge in [0.05, 0.1) is 14.2 Å². The predicted molar refractivity (Wildman–Crippen MR) is 116 cm³/mol. The summed E-state index contributed by atoms with van der Waals surface area (Å²) < 4.78 is 10.4. The van der Waals surface area contributed by atoms with Crippen LogP contribution in [-0.2, 0) is 0 Å². The zero-order valence-corrected chi connectivity index (χ0v) is 17.4. The van der Waals surface area contributed by atoms with Gasteiger partial charge >= 0.3 is 0 Å². The van der Waals surface area contributed by atoms with E-state index in [9.17, 15) is 10.4 Å². The van der Waals surface area contributed by atoms with E-state index in [1.165, 1.54) is 0 Å². The fraction of sp³-hybridized carbons (Fsp3) is 0.364. The second kappa shape index (κ2) is 10.6. The molecule has 160 valence electrons. The maximum absolute atomic E-state index is 9.47. The van der Waals surface area contributed by atoms with Crippen LogP contribution in [0.25, 0.3) is 0 Å². The molecule has 0 atom stereocenters. The standard InChI is InChI=1S/C22H28N4O4/c1-29-19-7-3-17(4-8-19)21(23-27)15-25-11-13-26(14-12-25)16-22(24-28)18-5-9-20(30-2)10-6-18/h3-10,27-28H,11-16H2,1-2H3/b23-21-,24-22+. The summed E-state index contributed by atoms with van der Waals surface area (Å²) in [5, 5.41) is 25.9. The Kier molecular flexibility index (Phi) is 7.64. The van der Waals surface area contributed by atoms with Crippen molar-refractivity contribution < 1.29 is 19.9 Å². The summed E-state index contributed by atoms with van der Waals surface area (Å²) in [6.07, 6.45) is 0. The Morgan fingerprint density at radius 2 is 1.03 bits per heavy atom. The fourth-order valence-electron chi connectivity index (χ4n) is 3.46. The molecule has 0 aliphatic carbocycles. The van der Waals surface area contributed by atoms with Gasteiger partial charge in [0.25, 0.3) is 0 Å². The number of methoxy groups -OCH3 is 2. The first-order valence-corrected chi connectivity index (χ1v) is 9.82. The Balaban J connectivity index is 1.53. The molecule has 8 heteroatoms. The van der Waals surface area contributed by atoms with Crippen molar-refractivity contribution in [3.05, 3.63) is 59.7 Å². The number of benzene rings is 2. The Bertz CT molecular complexity index is 784. The zero-order valence-electron chi connectivity index (χ0n) is 17.4. The van der Waals surface area contributed by atoms with E-state index in [1.54, 1.807) is 14.2 Å². The van der Waals surface area contributed by atoms with Crippen molar-refractivity contribution in [3.8, 4) is 11.5 Å². The second-order valence-electron chi connectivity index (χ2n) is 7.10. The van der Waals surface area contributed by atoms with Crippen molar-refractivity contribution in [1.29, 1.82) is 0 Å². The largest absolute Gasteiger partial charge is 0.497 e. The minimum atomic E-state index is 0.566. The number of piperazine rings is 1. The van der Waals surface area contributed by atoms with Crippen LogP contribution in [0.3, 0.4) is 0 Å². The molecule has 8 nitrogen and oxygen atoms in total. The molecule has 0 saturated carbocycles. The molecule has 1 aliphatic rings. The molecular formula is C22H28N4O4. The summed E-state index contributed by atoms with van der Waals surface area (Å²) in [5.74, 6) is 1.53. The summed E-state index contributed by atoms with van der Waals surface area (Å²) >= 11 is 0. The maximum Gasteiger partial charge on any atom is 0.118 e. The van der Waals surface area contributed by atoms with Gasteiger partial charge in [-0.15, -0.1) is 0 Å². The molecule has 2 aromatic rings. The van der Waals surface area contributed by atoms with Crippen LogP contribution in [0.15, 0.2) is 58.8 Å². The van der Waals surface area contributed by atoms with Crippen LogP contribution < -0.4 is 9.47 Å². The first kappa shape index (κ1) is 21.6. The molecule has 2 N–H and O–H groups in total. The van der Waals surface area contributed by atoms with Gasteiger partial charge in [0.2, 0.25) is 0 Å². The van der Waals surface area contributed by atoms with Gasteiger partial charge in [0.15, 0.2) is 0 Å². The van der Waals surface area contributed by atoms with Gasteiger partial charge in [-0.1, -0.05) is 10.3 Å². The van der Waals surface area contributed by atoms with Crippen molar-refractivity contribution in [3.63, 3.8) is 0 Å². The van der Waals surface area contributed by atoms with E-state index in [-0.39, 0.29) is 0 Å². The second-order valence-corrected chi connectivity index (χ2v) is 7.10. The number of nitrogens with zero attached hydrogens (tertiary/aromatic N) is 4. The van der Waals surface area contributed by atoms with Crippen LogP contribution in [0.5, 0.6) is 11.5 Å². The fourth-order valence-corrected chi connectivity index (χ4v) is 3.46. The molecule has 30 heavy (non-hydrogen) atoms. The molecule has 2 aromatic carbocycles. The van der Waals surface area contributed by atoms with Gasteiger partial charge in [-0.05, 0) is 48.5 Å². The third kappa shape index (κ3) is 5.49. The van der Waals surface area contributed by atoms with Crippen molar-refractivity contribution in [1.82, 2.24) is 9.80 Å². The van der Waals surface area contributed by atoms with Crippen LogP contribution in [-0.4, -0.2) is 85.1 Å². The van der Waals surface area contributed by atoms with E-state index in [0.29, 0.717) is 24.5 Å². The van der Waals surface area contributed by atoms with Gasteiger partial charge < -0.3 is 19.9 Å². The highest BCUT2D eigenvalue weighted by atomic mass is 16.5. The van der Waals surface area contributed by atoms with E-state index in [2.05, 4.69) is 20.1 Å². The molecule has 1 aliphatic heterocycles. The first-order valence-electron chi connectivity index (χ1n) is 9.82. The molecule has 0 radical (unpaired) electrons. The van der Waals surface area contributed by atoms with Crippen molar-refractivity contribution >= 4 is 11.4 Å². The number of hydrogen-bond donors (Lipinski definition) is 2. The van der Waals surface area contributed by atoms with Gasteiger partial charge in [-0.3, -0.25) is 9.80 Å². The molecule has 1 fully saturated rings. The average molecular weight is 412 g/mol. The van der Waals surface area contributed by atoms with E-state index < -0.39 is 0 Å². The first-order chi connectivity index (χ1) is 14.7. The smallest absolute Gasteiger partial charge is 0.118 e. The van der Waals surface area contributed by atoms with Crippen LogP contribution in [0.1, 0.15) is 11.1 Å². The van der Waals surface area contributed by atoms with E-state index in [0.717, 1.165) is 48.8 Å². The monoisotopic (exact) mass is 412 g/mol. The SMILES string of the molecule is COc1ccc(/C(CN2CCN(C/C(=N/O)c3ccc(OC)cc3)CC2)=N/O)cc1. The molecule has 1 heterocycles. The molecule has 0 spiro atoms. The molecule has 0 aromatic heterocycles. The highest BCUT2D eigenvalue weighted by molar-refractivity contribution is 6.02. The van der Waals surface area contributed by atoms with Crippen molar-refractivity contribution in [2.45, 2.75) is 0 Å². The van der Waals surface area contributed by atoms with Gasteiger partial charge in [0.1, 0.15) is 22.9 Å². The third-order valence-electron chi connectivity index (χ3n) is 5.30. The minimum absolute atomic E-state index is 0.566. The average Bonchev–Trinajstić information content (AvgIpc) is 2.82. The van der Waals surface area contributed by atoms with Crippen LogP contribution in [0.2, 0.25) is 0 Å². The zero-order chi connectivity index (χ0) is 21.3. The van der Waals surface area contributed by atoms with Crippen molar-refractivity contribution in [2.75, 3.05) is 53.5 Å². The number of oxime groups is 2. The number of rotatable bonds is 8. The molecule has 0 bridgehead atoms. The van der Waals surface area contributed by atoms with Gasteiger partial charge in [-0.2, -0.15) is 0 Å². The topological polar surface area (TPSA) is 90.1 Å². The quantitative estimate of drug-likeness (QED) is 0.393. The highest BCUT2D eigenvalue weighted by Gasteiger charge is 2.21. The van der Waals surface area contributed by atoms with Crippen molar-refractivity contribution in [2.24, 2.45) is 10.3 Å². The molecular weight excluding hydrogens is 384 g/mol. The third-order valence-corrected chi connectivity index (χ3v) is 5.30. The lowest BCUT2D eigenvalue weighted by atomic mass is 10.1. The number of ether oxygens (including phenoxy) is 2. The lowest BCUT2D eigenvalue weighted by Crippen LogP contribution is -2.49. The molecule has 0 unspecified atom stereocenters. The minimum Gasteiger partial charge on any atom is -0.497 e. The molecule has 0 amide bonds. The lowest BCUT2D eigenvalue weighted by molar-refractivity contribution is 0.159. The van der Waals surface area contributed by atoms with Gasteiger partial charge in [-0.25, -0.2) is 0 Å². The summed E-state index contributed by atoms with van der Waals surface area (Å²) in [6.45, 7) is 4.45. The predicted octanol–water partition coefficient (Wildman–Crippen LogP) is 2.38. The Hall–Kier alpha value is -3.10. The van der Waals surface area contributed by atoms with Gasteiger partial charge in [0, 0.05) is 50.4 Å². The summed E-state index contributed by atoms with van der Waals surface area (Å²) in [7, 11) is 3.24. The Morgan fingerprint density at radius 1 is 0.700 bits per heavy atom. The van der Waals surface area contributed by atoms with Crippen LogP contribution in [0, 0.1) is 0 Å². The van der Waals surface area contributed by atoms with E-state index >= 15 is 0 Å². The summed E-state index contributed by atoms with van der Waals surface area (Å²) in [4.78, 5) is 4.50. The summed E-state index contributed by atoms with van der Waals surface area (Å²) in [5.41, 5.74) is 2.99. The number of hydrogen-bond acceptors (Lipinski definition) is 8. The molecule has 1 saturated heterocycles. The van der Waals surface area contributed by atoms with Crippen LogP contribution in [0.4, 0.5) is 0 Å². The Labute approximate surface area is 176 Å². The highest BCUT2D eigenvalue weighted by Crippen LogP contribution is 2.15.